The van der Waals surface area contributed by atoms with Crippen LogP contribution in [0.4, 0.5) is 0 Å². The highest BCUT2D eigenvalue weighted by molar-refractivity contribution is 5.82. The van der Waals surface area contributed by atoms with E-state index in [1.54, 1.807) is 0 Å². The summed E-state index contributed by atoms with van der Waals surface area (Å²) < 4.78 is 0. The average Bonchev–Trinajstić information content (AvgIpc) is 2.70. The molecule has 0 atom stereocenters. The molecule has 1 aromatic heterocycles. The van der Waals surface area contributed by atoms with Crippen LogP contribution in [0.1, 0.15) is 19.4 Å². The van der Waals surface area contributed by atoms with Gasteiger partial charge in [0.25, 0.3) is 0 Å². The zero-order valence-electron chi connectivity index (χ0n) is 9.67. The van der Waals surface area contributed by atoms with E-state index in [9.17, 15) is 0 Å². The predicted octanol–water partition coefficient (Wildman–Crippen LogP) is 2.67. The Balaban J connectivity index is 2.20. The van der Waals surface area contributed by atoms with Crippen molar-refractivity contribution < 1.29 is 0 Å². The van der Waals surface area contributed by atoms with Crippen molar-refractivity contribution in [3.63, 3.8) is 0 Å². The first kappa shape index (κ1) is 10.8. The molecule has 0 amide bonds. The molecule has 0 aliphatic rings. The highest BCUT2D eigenvalue weighted by atomic mass is 14.9. The number of H-pyrrole nitrogens is 1. The predicted molar refractivity (Wildman–Crippen MR) is 68.1 cm³/mol. The summed E-state index contributed by atoms with van der Waals surface area (Å²) in [4.78, 5) is 3.25. The Morgan fingerprint density at radius 3 is 2.88 bits per heavy atom. The molecule has 0 aliphatic heterocycles. The number of para-hydroxylation sites is 1. The standard InChI is InChI=1S/C14H16N2/c1-4-14(2,3)16-10-11-9-15-13-8-6-5-7-12(11)13/h1,5-9,15-16H,10H2,2-3H3. The Hall–Kier alpha value is -1.72. The molecule has 0 unspecified atom stereocenters. The molecule has 2 aromatic rings. The Kier molecular flexibility index (Phi) is 2.72. The number of benzene rings is 1. The maximum Gasteiger partial charge on any atom is 0.0743 e. The summed E-state index contributed by atoms with van der Waals surface area (Å²) in [5.74, 6) is 2.73. The molecule has 1 aromatic carbocycles. The Morgan fingerprint density at radius 1 is 1.38 bits per heavy atom. The van der Waals surface area contributed by atoms with Gasteiger partial charge in [-0.25, -0.2) is 0 Å². The topological polar surface area (TPSA) is 27.8 Å². The average molecular weight is 212 g/mol. The van der Waals surface area contributed by atoms with E-state index >= 15 is 0 Å². The lowest BCUT2D eigenvalue weighted by Gasteiger charge is -2.19. The first-order chi connectivity index (χ1) is 7.62. The molecule has 0 saturated heterocycles. The highest BCUT2D eigenvalue weighted by Gasteiger charge is 2.13. The van der Waals surface area contributed by atoms with E-state index in [1.165, 1.54) is 10.9 Å². The summed E-state index contributed by atoms with van der Waals surface area (Å²) >= 11 is 0. The van der Waals surface area contributed by atoms with Gasteiger partial charge in [-0.1, -0.05) is 24.1 Å². The first-order valence-corrected chi connectivity index (χ1v) is 5.40. The largest absolute Gasteiger partial charge is 0.361 e. The van der Waals surface area contributed by atoms with Crippen molar-refractivity contribution in [3.8, 4) is 12.3 Å². The SMILES string of the molecule is C#CC(C)(C)NCc1c[nH]c2ccccc12. The number of fused-ring (bicyclic) bond motifs is 1. The summed E-state index contributed by atoms with van der Waals surface area (Å²) in [6.45, 7) is 4.78. The molecule has 16 heavy (non-hydrogen) atoms. The maximum atomic E-state index is 5.44. The highest BCUT2D eigenvalue weighted by Crippen LogP contribution is 2.18. The van der Waals surface area contributed by atoms with Gasteiger partial charge >= 0.3 is 0 Å². The van der Waals surface area contributed by atoms with Crippen molar-refractivity contribution in [1.29, 1.82) is 0 Å². The van der Waals surface area contributed by atoms with E-state index in [1.807, 2.05) is 32.2 Å². The Morgan fingerprint density at radius 2 is 2.12 bits per heavy atom. The van der Waals surface area contributed by atoms with Gasteiger partial charge < -0.3 is 4.98 Å². The molecule has 0 saturated carbocycles. The van der Waals surface area contributed by atoms with Gasteiger partial charge in [0.05, 0.1) is 5.54 Å². The summed E-state index contributed by atoms with van der Waals surface area (Å²) in [6.07, 6.45) is 7.47. The van der Waals surface area contributed by atoms with Crippen molar-refractivity contribution >= 4 is 10.9 Å². The fourth-order valence-electron chi connectivity index (χ4n) is 1.65. The lowest BCUT2D eigenvalue weighted by Crippen LogP contribution is -2.36. The molecular formula is C14H16N2. The second-order valence-corrected chi connectivity index (χ2v) is 4.48. The van der Waals surface area contributed by atoms with Gasteiger partial charge in [-0.2, -0.15) is 0 Å². The van der Waals surface area contributed by atoms with Crippen LogP contribution in [-0.2, 0) is 6.54 Å². The third-order valence-corrected chi connectivity index (χ3v) is 2.76. The quantitative estimate of drug-likeness (QED) is 0.752. The monoisotopic (exact) mass is 212 g/mol. The normalized spacial score (nSPS) is 11.6. The smallest absolute Gasteiger partial charge is 0.0743 e. The number of hydrogen-bond acceptors (Lipinski definition) is 1. The summed E-state index contributed by atoms with van der Waals surface area (Å²) in [6, 6.07) is 8.27. The molecule has 1 heterocycles. The molecule has 0 aliphatic carbocycles. The van der Waals surface area contributed by atoms with Gasteiger partial charge in [0, 0.05) is 23.6 Å². The maximum absolute atomic E-state index is 5.44. The fraction of sp³-hybridized carbons (Fsp3) is 0.286. The number of hydrogen-bond donors (Lipinski definition) is 2. The van der Waals surface area contributed by atoms with Crippen LogP contribution in [0.25, 0.3) is 10.9 Å². The fourth-order valence-corrected chi connectivity index (χ4v) is 1.65. The van der Waals surface area contributed by atoms with E-state index in [4.69, 9.17) is 6.42 Å². The summed E-state index contributed by atoms with van der Waals surface area (Å²) in [7, 11) is 0. The number of aromatic nitrogens is 1. The van der Waals surface area contributed by atoms with Crippen molar-refractivity contribution in [1.82, 2.24) is 10.3 Å². The number of nitrogens with one attached hydrogen (secondary N) is 2. The van der Waals surface area contributed by atoms with Crippen LogP contribution < -0.4 is 5.32 Å². The lowest BCUT2D eigenvalue weighted by atomic mass is 10.1. The van der Waals surface area contributed by atoms with Gasteiger partial charge in [0.1, 0.15) is 0 Å². The van der Waals surface area contributed by atoms with Crippen LogP contribution in [0.2, 0.25) is 0 Å². The van der Waals surface area contributed by atoms with E-state index in [-0.39, 0.29) is 5.54 Å². The minimum absolute atomic E-state index is 0.266. The van der Waals surface area contributed by atoms with E-state index in [0.29, 0.717) is 0 Å². The summed E-state index contributed by atoms with van der Waals surface area (Å²) in [5.41, 5.74) is 2.15. The number of rotatable bonds is 3. The van der Waals surface area contributed by atoms with Crippen molar-refractivity contribution in [2.24, 2.45) is 0 Å². The Labute approximate surface area is 96.1 Å². The minimum Gasteiger partial charge on any atom is -0.361 e. The molecular weight excluding hydrogens is 196 g/mol. The van der Waals surface area contributed by atoms with Crippen LogP contribution in [0.5, 0.6) is 0 Å². The van der Waals surface area contributed by atoms with Crippen LogP contribution in [-0.4, -0.2) is 10.5 Å². The van der Waals surface area contributed by atoms with Gasteiger partial charge in [0.2, 0.25) is 0 Å². The molecule has 2 N–H and O–H groups in total. The van der Waals surface area contributed by atoms with Gasteiger partial charge in [-0.3, -0.25) is 5.32 Å². The van der Waals surface area contributed by atoms with Crippen molar-refractivity contribution in [2.75, 3.05) is 0 Å². The second kappa shape index (κ2) is 4.03. The van der Waals surface area contributed by atoms with Crippen molar-refractivity contribution in [3.05, 3.63) is 36.0 Å². The number of terminal acetylenes is 1. The molecule has 0 radical (unpaired) electrons. The molecule has 82 valence electrons. The lowest BCUT2D eigenvalue weighted by molar-refractivity contribution is 0.492. The zero-order valence-corrected chi connectivity index (χ0v) is 9.67. The molecule has 0 fully saturated rings. The van der Waals surface area contributed by atoms with Crippen LogP contribution >= 0.6 is 0 Å². The third kappa shape index (κ3) is 2.10. The van der Waals surface area contributed by atoms with E-state index in [2.05, 4.69) is 28.4 Å². The van der Waals surface area contributed by atoms with Gasteiger partial charge in [0.15, 0.2) is 0 Å². The molecule has 2 nitrogen and oxygen atoms in total. The van der Waals surface area contributed by atoms with Crippen molar-refractivity contribution in [2.45, 2.75) is 25.9 Å². The van der Waals surface area contributed by atoms with Gasteiger partial charge in [-0.15, -0.1) is 6.42 Å². The molecule has 2 heteroatoms. The van der Waals surface area contributed by atoms with Gasteiger partial charge in [-0.05, 0) is 25.5 Å². The molecule has 0 bridgehead atoms. The van der Waals surface area contributed by atoms with Crippen LogP contribution in [0.15, 0.2) is 30.5 Å². The Bertz CT molecular complexity index is 529. The first-order valence-electron chi connectivity index (χ1n) is 5.40. The van der Waals surface area contributed by atoms with Crippen LogP contribution in [0, 0.1) is 12.3 Å². The zero-order chi connectivity index (χ0) is 11.6. The third-order valence-electron chi connectivity index (χ3n) is 2.76. The van der Waals surface area contributed by atoms with E-state index < -0.39 is 0 Å². The summed E-state index contributed by atoms with van der Waals surface area (Å²) in [5, 5.41) is 4.60. The van der Waals surface area contributed by atoms with Crippen LogP contribution in [0.3, 0.4) is 0 Å². The van der Waals surface area contributed by atoms with E-state index in [0.717, 1.165) is 12.1 Å². The number of aromatic amines is 1. The minimum atomic E-state index is -0.266. The second-order valence-electron chi connectivity index (χ2n) is 4.48. The molecule has 0 spiro atoms. The molecule has 2 rings (SSSR count).